The van der Waals surface area contributed by atoms with Crippen molar-refractivity contribution in [2.45, 2.75) is 46.0 Å². The number of hydrogen-bond donors (Lipinski definition) is 0. The lowest BCUT2D eigenvalue weighted by Crippen LogP contribution is -2.43. The van der Waals surface area contributed by atoms with Crippen LogP contribution < -0.4 is 11.2 Å². The predicted octanol–water partition coefficient (Wildman–Crippen LogP) is 2.68. The van der Waals surface area contributed by atoms with E-state index in [1.54, 1.807) is 19.2 Å². The fraction of sp³-hybridized carbons (Fsp3) is 0.500. The number of aromatic nitrogens is 3. The molecule has 0 saturated carbocycles. The number of hydrogen-bond acceptors (Lipinski definition) is 4. The van der Waals surface area contributed by atoms with Gasteiger partial charge in [-0.2, -0.15) is 13.2 Å². The van der Waals surface area contributed by atoms with Crippen molar-refractivity contribution < 1.29 is 13.2 Å². The van der Waals surface area contributed by atoms with Crippen LogP contribution in [0.15, 0.2) is 21.2 Å². The second-order valence-electron chi connectivity index (χ2n) is 5.30. The Morgan fingerprint density at radius 1 is 1.30 bits per heavy atom. The van der Waals surface area contributed by atoms with E-state index in [1.165, 1.54) is 11.3 Å². The van der Waals surface area contributed by atoms with Gasteiger partial charge in [-0.15, -0.1) is 11.3 Å². The Morgan fingerprint density at radius 3 is 2.43 bits per heavy atom. The number of halogens is 3. The zero-order valence-electron chi connectivity index (χ0n) is 12.8. The minimum atomic E-state index is -4.82. The van der Waals surface area contributed by atoms with Crippen LogP contribution >= 0.6 is 11.3 Å². The molecule has 0 bridgehead atoms. The van der Waals surface area contributed by atoms with Crippen LogP contribution in [0.3, 0.4) is 0 Å². The van der Waals surface area contributed by atoms with Crippen LogP contribution in [-0.2, 0) is 19.1 Å². The molecule has 5 nitrogen and oxygen atoms in total. The molecule has 0 aliphatic rings. The summed E-state index contributed by atoms with van der Waals surface area (Å²) >= 11 is 1.34. The Morgan fingerprint density at radius 2 is 1.96 bits per heavy atom. The van der Waals surface area contributed by atoms with Gasteiger partial charge in [0.15, 0.2) is 0 Å². The second kappa shape index (κ2) is 6.31. The monoisotopic (exact) mass is 347 g/mol. The standard InChI is InChI=1S/C14H16F3N3O2S/c1-4-11-18-9(7-23-11)5-20-12(21)10(14(15,16)17)6-19(8(2)3)13(20)22/h6-8H,4-5H2,1-3H3. The normalized spacial score (nSPS) is 12.1. The molecule has 0 aliphatic carbocycles. The Balaban J connectivity index is 2.63. The van der Waals surface area contributed by atoms with E-state index in [-0.39, 0.29) is 6.54 Å². The number of alkyl halides is 3. The summed E-state index contributed by atoms with van der Waals surface area (Å²) in [6.07, 6.45) is -3.55. The molecule has 2 rings (SSSR count). The highest BCUT2D eigenvalue weighted by Crippen LogP contribution is 2.26. The second-order valence-corrected chi connectivity index (χ2v) is 6.24. The summed E-state index contributed by atoms with van der Waals surface area (Å²) in [5, 5.41) is 2.44. The van der Waals surface area contributed by atoms with Crippen molar-refractivity contribution in [3.05, 3.63) is 48.7 Å². The van der Waals surface area contributed by atoms with Crippen LogP contribution in [-0.4, -0.2) is 14.1 Å². The highest BCUT2D eigenvalue weighted by molar-refractivity contribution is 7.09. The number of thiazole rings is 1. The van der Waals surface area contributed by atoms with Crippen molar-refractivity contribution in [1.82, 2.24) is 14.1 Å². The van der Waals surface area contributed by atoms with Gasteiger partial charge in [-0.25, -0.2) is 9.78 Å². The summed E-state index contributed by atoms with van der Waals surface area (Å²) in [6, 6.07) is -0.503. The zero-order valence-corrected chi connectivity index (χ0v) is 13.7. The summed E-state index contributed by atoms with van der Waals surface area (Å²) in [6.45, 7) is 4.78. The van der Waals surface area contributed by atoms with Crippen LogP contribution in [0.25, 0.3) is 0 Å². The highest BCUT2D eigenvalue weighted by atomic mass is 32.1. The van der Waals surface area contributed by atoms with E-state index in [4.69, 9.17) is 0 Å². The topological polar surface area (TPSA) is 56.9 Å². The molecule has 23 heavy (non-hydrogen) atoms. The van der Waals surface area contributed by atoms with Crippen molar-refractivity contribution in [3.63, 3.8) is 0 Å². The van der Waals surface area contributed by atoms with Gasteiger partial charge in [-0.05, 0) is 20.3 Å². The summed E-state index contributed by atoms with van der Waals surface area (Å²) < 4.78 is 40.7. The lowest BCUT2D eigenvalue weighted by Gasteiger charge is -2.16. The van der Waals surface area contributed by atoms with Gasteiger partial charge in [0.05, 0.1) is 17.2 Å². The van der Waals surface area contributed by atoms with Crippen LogP contribution in [0, 0.1) is 0 Å². The summed E-state index contributed by atoms with van der Waals surface area (Å²) in [4.78, 5) is 28.6. The molecule has 0 spiro atoms. The minimum Gasteiger partial charge on any atom is -0.297 e. The lowest BCUT2D eigenvalue weighted by atomic mass is 10.3. The molecule has 126 valence electrons. The van der Waals surface area contributed by atoms with Crippen LogP contribution in [0.2, 0.25) is 0 Å². The van der Waals surface area contributed by atoms with Crippen molar-refractivity contribution in [2.24, 2.45) is 0 Å². The molecule has 0 aliphatic heterocycles. The first-order chi connectivity index (χ1) is 10.6. The maximum atomic E-state index is 13.1. The maximum absolute atomic E-state index is 13.1. The SMILES string of the molecule is CCc1nc(Cn2c(=O)c(C(F)(F)F)cn(C(C)C)c2=O)cs1. The summed E-state index contributed by atoms with van der Waals surface area (Å²) in [5.74, 6) is 0. The van der Waals surface area contributed by atoms with E-state index in [9.17, 15) is 22.8 Å². The molecule has 2 aromatic heterocycles. The molecular formula is C14H16F3N3O2S. The average Bonchev–Trinajstić information content (AvgIpc) is 2.89. The van der Waals surface area contributed by atoms with Gasteiger partial charge >= 0.3 is 11.9 Å². The molecule has 2 aromatic rings. The average molecular weight is 347 g/mol. The van der Waals surface area contributed by atoms with Gasteiger partial charge in [-0.3, -0.25) is 13.9 Å². The molecule has 2 heterocycles. The molecule has 0 aromatic carbocycles. The number of nitrogens with zero attached hydrogens (tertiary/aromatic N) is 3. The molecule has 0 N–H and O–H groups in total. The van der Waals surface area contributed by atoms with E-state index in [0.717, 1.165) is 9.57 Å². The number of aryl methyl sites for hydroxylation is 1. The van der Waals surface area contributed by atoms with Crippen molar-refractivity contribution in [2.75, 3.05) is 0 Å². The van der Waals surface area contributed by atoms with Gasteiger partial charge in [-0.1, -0.05) is 6.92 Å². The Bertz CT molecular complexity index is 818. The van der Waals surface area contributed by atoms with Crippen LogP contribution in [0.1, 0.15) is 43.1 Å². The van der Waals surface area contributed by atoms with Gasteiger partial charge < -0.3 is 0 Å². The van der Waals surface area contributed by atoms with Gasteiger partial charge in [0, 0.05) is 17.6 Å². The third kappa shape index (κ3) is 3.54. The molecule has 0 saturated heterocycles. The molecular weight excluding hydrogens is 331 g/mol. The summed E-state index contributed by atoms with van der Waals surface area (Å²) in [5.41, 5.74) is -3.06. The third-order valence-electron chi connectivity index (χ3n) is 3.28. The van der Waals surface area contributed by atoms with Gasteiger partial charge in [0.2, 0.25) is 0 Å². The van der Waals surface area contributed by atoms with Crippen molar-refractivity contribution in [3.8, 4) is 0 Å². The molecule has 0 unspecified atom stereocenters. The minimum absolute atomic E-state index is 0.273. The molecule has 0 atom stereocenters. The smallest absolute Gasteiger partial charge is 0.297 e. The van der Waals surface area contributed by atoms with Crippen LogP contribution in [0.5, 0.6) is 0 Å². The van der Waals surface area contributed by atoms with E-state index >= 15 is 0 Å². The van der Waals surface area contributed by atoms with Crippen molar-refractivity contribution >= 4 is 11.3 Å². The summed E-state index contributed by atoms with van der Waals surface area (Å²) in [7, 11) is 0. The third-order valence-corrected chi connectivity index (χ3v) is 4.32. The lowest BCUT2D eigenvalue weighted by molar-refractivity contribution is -0.139. The molecule has 0 fully saturated rings. The largest absolute Gasteiger partial charge is 0.423 e. The van der Waals surface area contributed by atoms with E-state index < -0.39 is 29.0 Å². The molecule has 9 heteroatoms. The molecule has 0 radical (unpaired) electrons. The van der Waals surface area contributed by atoms with E-state index in [2.05, 4.69) is 4.98 Å². The van der Waals surface area contributed by atoms with E-state index in [0.29, 0.717) is 22.9 Å². The predicted molar refractivity (Wildman–Crippen MR) is 80.9 cm³/mol. The highest BCUT2D eigenvalue weighted by Gasteiger charge is 2.36. The van der Waals surface area contributed by atoms with Gasteiger partial charge in [0.1, 0.15) is 5.56 Å². The Hall–Kier alpha value is -1.90. The van der Waals surface area contributed by atoms with Gasteiger partial charge in [0.25, 0.3) is 5.56 Å². The Labute approximate surface area is 134 Å². The first-order valence-electron chi connectivity index (χ1n) is 7.01. The quantitative estimate of drug-likeness (QED) is 0.854. The van der Waals surface area contributed by atoms with Crippen LogP contribution in [0.4, 0.5) is 13.2 Å². The first-order valence-corrected chi connectivity index (χ1v) is 7.89. The Kier molecular flexibility index (Phi) is 4.79. The zero-order chi connectivity index (χ0) is 17.4. The fourth-order valence-electron chi connectivity index (χ4n) is 2.07. The fourth-order valence-corrected chi connectivity index (χ4v) is 2.81. The molecule has 0 amide bonds. The van der Waals surface area contributed by atoms with E-state index in [1.807, 2.05) is 6.92 Å². The maximum Gasteiger partial charge on any atom is 0.423 e. The van der Waals surface area contributed by atoms with Crippen molar-refractivity contribution in [1.29, 1.82) is 0 Å². The first kappa shape index (κ1) is 17.5. The number of rotatable bonds is 4.